The average Bonchev–Trinajstić information content (AvgIpc) is 2.61. The molecule has 0 atom stereocenters. The van der Waals surface area contributed by atoms with Crippen molar-refractivity contribution in [1.29, 1.82) is 0 Å². The first-order valence-electron chi connectivity index (χ1n) is 8.94. The second-order valence-corrected chi connectivity index (χ2v) is 5.26. The second kappa shape index (κ2) is 14.9. The highest BCUT2D eigenvalue weighted by molar-refractivity contribution is 5.79. The van der Waals surface area contributed by atoms with Crippen molar-refractivity contribution < 1.29 is 9.47 Å². The molecule has 0 radical (unpaired) electrons. The molecule has 136 valence electrons. The van der Waals surface area contributed by atoms with Crippen LogP contribution in [-0.2, 0) is 15.9 Å². The molecule has 2 N–H and O–H groups in total. The third-order valence-corrected chi connectivity index (χ3v) is 3.28. The molecule has 6 heteroatoms. The third-order valence-electron chi connectivity index (χ3n) is 3.28. The molecule has 0 spiro atoms. The van der Waals surface area contributed by atoms with Gasteiger partial charge in [0.2, 0.25) is 0 Å². The van der Waals surface area contributed by atoms with Crippen LogP contribution < -0.4 is 10.6 Å². The maximum atomic E-state index is 5.35. The fourth-order valence-corrected chi connectivity index (χ4v) is 2.06. The molecule has 0 unspecified atom stereocenters. The van der Waals surface area contributed by atoms with Crippen molar-refractivity contribution in [3.8, 4) is 0 Å². The Bertz CT molecular complexity index is 426. The van der Waals surface area contributed by atoms with Crippen molar-refractivity contribution in [3.05, 3.63) is 30.1 Å². The van der Waals surface area contributed by atoms with Crippen molar-refractivity contribution in [1.82, 2.24) is 15.6 Å². The smallest absolute Gasteiger partial charge is 0.191 e. The molecule has 1 aromatic heterocycles. The highest BCUT2D eigenvalue weighted by atomic mass is 16.5. The largest absolute Gasteiger partial charge is 0.382 e. The Hall–Kier alpha value is -1.66. The van der Waals surface area contributed by atoms with E-state index in [0.717, 1.165) is 77.0 Å². The first kappa shape index (κ1) is 20.4. The van der Waals surface area contributed by atoms with E-state index >= 15 is 0 Å². The molecule has 6 nitrogen and oxygen atoms in total. The van der Waals surface area contributed by atoms with Crippen molar-refractivity contribution in [3.63, 3.8) is 0 Å². The quantitative estimate of drug-likeness (QED) is 0.328. The maximum absolute atomic E-state index is 5.35. The van der Waals surface area contributed by atoms with E-state index in [1.54, 1.807) is 0 Å². The van der Waals surface area contributed by atoms with Crippen LogP contribution in [0.1, 0.15) is 32.4 Å². The Morgan fingerprint density at radius 3 is 2.50 bits per heavy atom. The first-order chi connectivity index (χ1) is 11.9. The highest BCUT2D eigenvalue weighted by Gasteiger charge is 1.99. The van der Waals surface area contributed by atoms with E-state index in [4.69, 9.17) is 9.47 Å². The van der Waals surface area contributed by atoms with Crippen molar-refractivity contribution in [2.24, 2.45) is 4.99 Å². The maximum Gasteiger partial charge on any atom is 0.191 e. The summed E-state index contributed by atoms with van der Waals surface area (Å²) in [5.74, 6) is 0.846. The van der Waals surface area contributed by atoms with Crippen LogP contribution in [0.15, 0.2) is 29.4 Å². The minimum absolute atomic E-state index is 0.754. The van der Waals surface area contributed by atoms with Gasteiger partial charge in [-0.2, -0.15) is 0 Å². The lowest BCUT2D eigenvalue weighted by Crippen LogP contribution is -2.39. The van der Waals surface area contributed by atoms with Gasteiger partial charge in [0, 0.05) is 64.4 Å². The van der Waals surface area contributed by atoms with Gasteiger partial charge in [0.1, 0.15) is 0 Å². The van der Waals surface area contributed by atoms with E-state index in [2.05, 4.69) is 20.6 Å². The number of guanidine groups is 1. The van der Waals surface area contributed by atoms with Gasteiger partial charge >= 0.3 is 0 Å². The molecule has 0 saturated carbocycles. The average molecular weight is 336 g/mol. The number of ether oxygens (including phenoxy) is 2. The Balaban J connectivity index is 2.30. The molecule has 0 aliphatic carbocycles. The monoisotopic (exact) mass is 336 g/mol. The van der Waals surface area contributed by atoms with E-state index in [1.165, 1.54) is 0 Å². The van der Waals surface area contributed by atoms with Crippen molar-refractivity contribution in [2.45, 2.75) is 33.1 Å². The van der Waals surface area contributed by atoms with Gasteiger partial charge in [0.15, 0.2) is 5.96 Å². The van der Waals surface area contributed by atoms with Crippen LogP contribution in [0.3, 0.4) is 0 Å². The Morgan fingerprint density at radius 1 is 1.04 bits per heavy atom. The molecule has 0 fully saturated rings. The summed E-state index contributed by atoms with van der Waals surface area (Å²) in [5, 5.41) is 6.72. The standard InChI is InChI=1S/C18H32N4O2/c1-3-23-15-7-12-20-18(21-13-8-16-24-4-2)22-14-10-17-9-5-6-11-19-17/h5-6,9,11H,3-4,7-8,10,12-16H2,1-2H3,(H2,20,21,22). The number of nitrogens with one attached hydrogen (secondary N) is 2. The molecule has 0 bridgehead atoms. The van der Waals surface area contributed by atoms with E-state index < -0.39 is 0 Å². The summed E-state index contributed by atoms with van der Waals surface area (Å²) in [7, 11) is 0. The molecule has 0 aromatic carbocycles. The predicted octanol–water partition coefficient (Wildman–Crippen LogP) is 2.01. The fourth-order valence-electron chi connectivity index (χ4n) is 2.06. The summed E-state index contributed by atoms with van der Waals surface area (Å²) in [4.78, 5) is 8.93. The zero-order valence-electron chi connectivity index (χ0n) is 15.1. The van der Waals surface area contributed by atoms with E-state index in [0.29, 0.717) is 0 Å². The summed E-state index contributed by atoms with van der Waals surface area (Å²) in [5.41, 5.74) is 1.08. The van der Waals surface area contributed by atoms with Crippen molar-refractivity contribution >= 4 is 5.96 Å². The molecule has 0 amide bonds. The van der Waals surface area contributed by atoms with Gasteiger partial charge in [-0.05, 0) is 38.8 Å². The Kier molecular flexibility index (Phi) is 12.7. The topological polar surface area (TPSA) is 67.8 Å². The van der Waals surface area contributed by atoms with Crippen LogP contribution in [0.4, 0.5) is 0 Å². The number of rotatable bonds is 13. The Morgan fingerprint density at radius 2 is 1.79 bits per heavy atom. The fraction of sp³-hybridized carbons (Fsp3) is 0.667. The summed E-state index contributed by atoms with van der Waals surface area (Å²) in [6.07, 6.45) is 4.59. The zero-order chi connectivity index (χ0) is 17.3. The molecular formula is C18H32N4O2. The number of nitrogens with zero attached hydrogens (tertiary/aromatic N) is 2. The minimum Gasteiger partial charge on any atom is -0.382 e. The van der Waals surface area contributed by atoms with Gasteiger partial charge in [-0.1, -0.05) is 6.07 Å². The van der Waals surface area contributed by atoms with Gasteiger partial charge in [-0.3, -0.25) is 9.98 Å². The highest BCUT2D eigenvalue weighted by Crippen LogP contribution is 1.93. The van der Waals surface area contributed by atoms with E-state index in [9.17, 15) is 0 Å². The summed E-state index contributed by atoms with van der Waals surface area (Å²) < 4.78 is 10.7. The number of aliphatic imine (C=N–C) groups is 1. The van der Waals surface area contributed by atoms with Crippen LogP contribution in [0.25, 0.3) is 0 Å². The lowest BCUT2D eigenvalue weighted by atomic mass is 10.3. The van der Waals surface area contributed by atoms with E-state index in [1.807, 2.05) is 38.2 Å². The normalized spacial score (nSPS) is 11.5. The van der Waals surface area contributed by atoms with Gasteiger partial charge in [0.25, 0.3) is 0 Å². The van der Waals surface area contributed by atoms with Gasteiger partial charge in [-0.15, -0.1) is 0 Å². The van der Waals surface area contributed by atoms with Crippen molar-refractivity contribution in [2.75, 3.05) is 46.1 Å². The minimum atomic E-state index is 0.754. The lowest BCUT2D eigenvalue weighted by Gasteiger charge is -2.12. The Labute approximate surface area is 146 Å². The predicted molar refractivity (Wildman–Crippen MR) is 98.5 cm³/mol. The number of aromatic nitrogens is 1. The molecule has 0 saturated heterocycles. The molecule has 1 heterocycles. The van der Waals surface area contributed by atoms with Gasteiger partial charge in [-0.25, -0.2) is 0 Å². The van der Waals surface area contributed by atoms with Crippen LogP contribution >= 0.6 is 0 Å². The molecular weight excluding hydrogens is 304 g/mol. The van der Waals surface area contributed by atoms with Crippen LogP contribution in [0, 0.1) is 0 Å². The summed E-state index contributed by atoms with van der Waals surface area (Å²) in [6, 6.07) is 5.98. The van der Waals surface area contributed by atoms with Crippen LogP contribution in [0.2, 0.25) is 0 Å². The number of pyridine rings is 1. The second-order valence-electron chi connectivity index (χ2n) is 5.26. The molecule has 1 aromatic rings. The van der Waals surface area contributed by atoms with Gasteiger partial charge in [0.05, 0.1) is 0 Å². The zero-order valence-corrected chi connectivity index (χ0v) is 15.1. The lowest BCUT2D eigenvalue weighted by molar-refractivity contribution is 0.145. The van der Waals surface area contributed by atoms with E-state index in [-0.39, 0.29) is 0 Å². The summed E-state index contributed by atoms with van der Waals surface area (Å²) >= 11 is 0. The molecule has 0 aliphatic heterocycles. The number of hydrogen-bond acceptors (Lipinski definition) is 4. The first-order valence-corrected chi connectivity index (χ1v) is 8.94. The number of hydrogen-bond donors (Lipinski definition) is 2. The summed E-state index contributed by atoms with van der Waals surface area (Å²) in [6.45, 7) is 9.48. The van der Waals surface area contributed by atoms with Gasteiger partial charge < -0.3 is 20.1 Å². The third kappa shape index (κ3) is 11.0. The molecule has 1 rings (SSSR count). The molecule has 0 aliphatic rings. The van der Waals surface area contributed by atoms with Crippen LogP contribution in [0.5, 0.6) is 0 Å². The molecule has 24 heavy (non-hydrogen) atoms. The SMILES string of the molecule is CCOCCCN=C(NCCCOCC)NCCc1ccccn1. The van der Waals surface area contributed by atoms with Crippen LogP contribution in [-0.4, -0.2) is 57.0 Å².